The molecule has 0 N–H and O–H groups in total. The van der Waals surface area contributed by atoms with Gasteiger partial charge in [0, 0.05) is 5.41 Å². The maximum atomic E-state index is 5.88. The first kappa shape index (κ1) is 13.1. The number of nitrogens with zero attached hydrogens (tertiary/aromatic N) is 1. The van der Waals surface area contributed by atoms with Gasteiger partial charge < -0.3 is 4.42 Å². The summed E-state index contributed by atoms with van der Waals surface area (Å²) in [7, 11) is 0. The molecule has 1 aromatic carbocycles. The number of aromatic nitrogens is 1. The molecule has 2 aromatic rings. The number of hydrogen-bond acceptors (Lipinski definition) is 2. The van der Waals surface area contributed by atoms with Gasteiger partial charge in [0.1, 0.15) is 5.52 Å². The van der Waals surface area contributed by atoms with Crippen molar-refractivity contribution in [1.29, 1.82) is 0 Å². The van der Waals surface area contributed by atoms with E-state index in [1.54, 1.807) is 0 Å². The summed E-state index contributed by atoms with van der Waals surface area (Å²) in [6, 6.07) is 6.35. The molecule has 0 fully saturated rings. The molecule has 0 spiro atoms. The summed E-state index contributed by atoms with van der Waals surface area (Å²) in [4.78, 5) is 4.55. The maximum Gasteiger partial charge on any atom is 0.200 e. The van der Waals surface area contributed by atoms with Crippen LogP contribution in [0, 0.1) is 5.41 Å². The molecule has 2 rings (SSSR count). The van der Waals surface area contributed by atoms with Crippen LogP contribution in [0.15, 0.2) is 22.6 Å². The highest BCUT2D eigenvalue weighted by atomic mass is 16.3. The molecule has 0 unspecified atom stereocenters. The van der Waals surface area contributed by atoms with E-state index in [9.17, 15) is 0 Å². The molecule has 0 aliphatic heterocycles. The van der Waals surface area contributed by atoms with Gasteiger partial charge in [-0.2, -0.15) is 0 Å². The van der Waals surface area contributed by atoms with Crippen LogP contribution in [0.4, 0.5) is 0 Å². The van der Waals surface area contributed by atoms with E-state index >= 15 is 0 Å². The zero-order valence-corrected chi connectivity index (χ0v) is 12.3. The van der Waals surface area contributed by atoms with Crippen LogP contribution in [0.2, 0.25) is 0 Å². The SMILES string of the molecule is CC(C)(C)Cc1ccc2nc(C(C)(C)C)oc2c1. The lowest BCUT2D eigenvalue weighted by Gasteiger charge is -2.17. The van der Waals surface area contributed by atoms with Gasteiger partial charge in [0.25, 0.3) is 0 Å². The van der Waals surface area contributed by atoms with Crippen LogP contribution in [0.3, 0.4) is 0 Å². The van der Waals surface area contributed by atoms with E-state index in [1.165, 1.54) is 5.56 Å². The molecule has 0 atom stereocenters. The summed E-state index contributed by atoms with van der Waals surface area (Å²) in [5.74, 6) is 0.811. The summed E-state index contributed by atoms with van der Waals surface area (Å²) in [5, 5.41) is 0. The zero-order valence-electron chi connectivity index (χ0n) is 12.3. The Morgan fingerprint density at radius 2 is 1.72 bits per heavy atom. The predicted molar refractivity (Wildman–Crippen MR) is 75.9 cm³/mol. The number of oxazole rings is 1. The highest BCUT2D eigenvalue weighted by Crippen LogP contribution is 2.28. The molecule has 1 aromatic heterocycles. The van der Waals surface area contributed by atoms with Crippen molar-refractivity contribution in [3.63, 3.8) is 0 Å². The second-order valence-electron chi connectivity index (χ2n) is 7.31. The van der Waals surface area contributed by atoms with Gasteiger partial charge in [-0.15, -0.1) is 0 Å². The first-order chi connectivity index (χ1) is 8.15. The van der Waals surface area contributed by atoms with Crippen molar-refractivity contribution in [2.75, 3.05) is 0 Å². The molecule has 0 saturated carbocycles. The fourth-order valence-corrected chi connectivity index (χ4v) is 2.01. The van der Waals surface area contributed by atoms with Crippen molar-refractivity contribution in [1.82, 2.24) is 4.98 Å². The van der Waals surface area contributed by atoms with Crippen molar-refractivity contribution in [3.8, 4) is 0 Å². The number of hydrogen-bond donors (Lipinski definition) is 0. The van der Waals surface area contributed by atoms with Crippen molar-refractivity contribution in [2.24, 2.45) is 5.41 Å². The van der Waals surface area contributed by atoms with Crippen molar-refractivity contribution < 1.29 is 4.42 Å². The van der Waals surface area contributed by atoms with E-state index in [1.807, 2.05) is 0 Å². The first-order valence-corrected chi connectivity index (χ1v) is 6.55. The second kappa shape index (κ2) is 4.11. The minimum Gasteiger partial charge on any atom is -0.440 e. The molecule has 0 radical (unpaired) electrons. The van der Waals surface area contributed by atoms with Crippen LogP contribution < -0.4 is 0 Å². The monoisotopic (exact) mass is 245 g/mol. The van der Waals surface area contributed by atoms with Crippen LogP contribution in [0.1, 0.15) is 53.0 Å². The topological polar surface area (TPSA) is 26.0 Å². The third-order valence-corrected chi connectivity index (χ3v) is 2.83. The molecule has 0 aliphatic carbocycles. The molecule has 2 nitrogen and oxygen atoms in total. The Balaban J connectivity index is 2.40. The van der Waals surface area contributed by atoms with Crippen molar-refractivity contribution >= 4 is 11.1 Å². The summed E-state index contributed by atoms with van der Waals surface area (Å²) < 4.78 is 5.88. The van der Waals surface area contributed by atoms with Crippen LogP contribution in [-0.4, -0.2) is 4.98 Å². The molecule has 0 amide bonds. The first-order valence-electron chi connectivity index (χ1n) is 6.55. The lowest BCUT2D eigenvalue weighted by Crippen LogP contribution is -2.10. The fourth-order valence-electron chi connectivity index (χ4n) is 2.01. The maximum absolute atomic E-state index is 5.88. The van der Waals surface area contributed by atoms with Crippen LogP contribution >= 0.6 is 0 Å². The van der Waals surface area contributed by atoms with E-state index in [2.05, 4.69) is 64.7 Å². The molecule has 98 valence electrons. The van der Waals surface area contributed by atoms with Crippen LogP contribution in [-0.2, 0) is 11.8 Å². The minimum atomic E-state index is -0.0385. The molecule has 0 saturated heterocycles. The molecule has 2 heteroatoms. The van der Waals surface area contributed by atoms with Crippen LogP contribution in [0.25, 0.3) is 11.1 Å². The number of rotatable bonds is 1. The van der Waals surface area contributed by atoms with Crippen LogP contribution in [0.5, 0.6) is 0 Å². The zero-order chi connectivity index (χ0) is 13.6. The molecular formula is C16H23NO. The summed E-state index contributed by atoms with van der Waals surface area (Å²) in [6.45, 7) is 13.1. The van der Waals surface area contributed by atoms with Gasteiger partial charge in [-0.1, -0.05) is 47.6 Å². The lowest BCUT2D eigenvalue weighted by atomic mass is 9.88. The largest absolute Gasteiger partial charge is 0.440 e. The summed E-state index contributed by atoms with van der Waals surface area (Å²) in [5.41, 5.74) is 3.43. The lowest BCUT2D eigenvalue weighted by molar-refractivity contribution is 0.406. The highest BCUT2D eigenvalue weighted by molar-refractivity contribution is 5.73. The Labute approximate surface area is 109 Å². The van der Waals surface area contributed by atoms with E-state index in [-0.39, 0.29) is 5.41 Å². The quantitative estimate of drug-likeness (QED) is 0.727. The Bertz CT molecular complexity index is 552. The Morgan fingerprint density at radius 1 is 1.06 bits per heavy atom. The van der Waals surface area contributed by atoms with Gasteiger partial charge >= 0.3 is 0 Å². The van der Waals surface area contributed by atoms with E-state index in [0.29, 0.717) is 5.41 Å². The molecule has 0 aliphatic rings. The van der Waals surface area contributed by atoms with E-state index in [0.717, 1.165) is 23.4 Å². The smallest absolute Gasteiger partial charge is 0.200 e. The fraction of sp³-hybridized carbons (Fsp3) is 0.562. The average molecular weight is 245 g/mol. The number of benzene rings is 1. The molecule has 1 heterocycles. The Morgan fingerprint density at radius 3 is 2.28 bits per heavy atom. The summed E-state index contributed by atoms with van der Waals surface area (Å²) >= 11 is 0. The van der Waals surface area contributed by atoms with Gasteiger partial charge in [0.15, 0.2) is 5.58 Å². The highest BCUT2D eigenvalue weighted by Gasteiger charge is 2.21. The third kappa shape index (κ3) is 2.92. The van der Waals surface area contributed by atoms with Gasteiger partial charge in [0.2, 0.25) is 5.89 Å². The summed E-state index contributed by atoms with van der Waals surface area (Å²) in [6.07, 6.45) is 1.05. The average Bonchev–Trinajstić information content (AvgIpc) is 2.57. The normalized spacial score (nSPS) is 13.2. The molecule has 18 heavy (non-hydrogen) atoms. The van der Waals surface area contributed by atoms with Crippen molar-refractivity contribution in [3.05, 3.63) is 29.7 Å². The van der Waals surface area contributed by atoms with Crippen molar-refractivity contribution in [2.45, 2.75) is 53.4 Å². The van der Waals surface area contributed by atoms with Gasteiger partial charge in [0.05, 0.1) is 0 Å². The van der Waals surface area contributed by atoms with Gasteiger partial charge in [-0.05, 0) is 29.5 Å². The van der Waals surface area contributed by atoms with E-state index in [4.69, 9.17) is 4.42 Å². The van der Waals surface area contributed by atoms with Gasteiger partial charge in [-0.25, -0.2) is 4.98 Å². The third-order valence-electron chi connectivity index (χ3n) is 2.83. The Kier molecular flexibility index (Phi) is 3.00. The molecular weight excluding hydrogens is 222 g/mol. The second-order valence-corrected chi connectivity index (χ2v) is 7.31. The minimum absolute atomic E-state index is 0.0385. The predicted octanol–water partition coefficient (Wildman–Crippen LogP) is 4.71. The standard InChI is InChI=1S/C16H23NO/c1-15(2,3)10-11-7-8-12-13(9-11)18-14(17-12)16(4,5)6/h7-9H,10H2,1-6H3. The van der Waals surface area contributed by atoms with Gasteiger partial charge in [-0.3, -0.25) is 0 Å². The van der Waals surface area contributed by atoms with E-state index < -0.39 is 0 Å². The molecule has 0 bridgehead atoms. The number of fused-ring (bicyclic) bond motifs is 1. The Hall–Kier alpha value is -1.31.